The van der Waals surface area contributed by atoms with E-state index in [4.69, 9.17) is 0 Å². The number of aromatic hydroxyl groups is 1. The molecule has 0 spiro atoms. The first-order valence-electron chi connectivity index (χ1n) is 8.30. The number of para-hydroxylation sites is 1. The lowest BCUT2D eigenvalue weighted by Gasteiger charge is -2.20. The summed E-state index contributed by atoms with van der Waals surface area (Å²) in [7, 11) is 0. The summed E-state index contributed by atoms with van der Waals surface area (Å²) >= 11 is 2.66. The zero-order valence-corrected chi connectivity index (χ0v) is 16.2. The molecule has 1 aromatic heterocycles. The molecule has 0 aliphatic carbocycles. The van der Waals surface area contributed by atoms with E-state index in [2.05, 4.69) is 10.2 Å². The molecule has 1 fully saturated rings. The maximum Gasteiger partial charge on any atom is 0.269 e. The van der Waals surface area contributed by atoms with Crippen LogP contribution in [0, 0.1) is 10.1 Å². The van der Waals surface area contributed by atoms with E-state index in [1.165, 1.54) is 35.2 Å². The average molecular weight is 414 g/mol. The molecule has 2 heterocycles. The summed E-state index contributed by atoms with van der Waals surface area (Å²) in [4.78, 5) is 24.8. The normalized spacial score (nSPS) is 19.2. The van der Waals surface area contributed by atoms with E-state index in [0.29, 0.717) is 15.7 Å². The predicted octanol–water partition coefficient (Wildman–Crippen LogP) is 3.99. The molecule has 4 rings (SSSR count). The molecule has 1 aliphatic rings. The average Bonchev–Trinajstić information content (AvgIpc) is 3.27. The second kappa shape index (κ2) is 7.21. The van der Waals surface area contributed by atoms with Crippen LogP contribution in [0.1, 0.15) is 17.9 Å². The topological polar surface area (TPSA) is 109 Å². The number of hydrogen-bond acceptors (Lipinski definition) is 8. The molecule has 1 saturated heterocycles. The Bertz CT molecular complexity index is 1050. The Balaban J connectivity index is 1.69. The van der Waals surface area contributed by atoms with Crippen molar-refractivity contribution >= 4 is 39.8 Å². The molecule has 3 aromatic rings. The molecule has 0 saturated carbocycles. The van der Waals surface area contributed by atoms with E-state index in [-0.39, 0.29) is 28.0 Å². The minimum absolute atomic E-state index is 0.00423. The van der Waals surface area contributed by atoms with Crippen molar-refractivity contribution in [2.45, 2.75) is 17.5 Å². The molecule has 10 heteroatoms. The number of benzene rings is 2. The van der Waals surface area contributed by atoms with E-state index in [1.54, 1.807) is 41.3 Å². The van der Waals surface area contributed by atoms with Crippen LogP contribution in [0.25, 0.3) is 10.6 Å². The summed E-state index contributed by atoms with van der Waals surface area (Å²) in [6.45, 7) is 1.82. The summed E-state index contributed by atoms with van der Waals surface area (Å²) in [6.07, 6.45) is 0. The molecule has 2 aromatic carbocycles. The van der Waals surface area contributed by atoms with Gasteiger partial charge in [-0.1, -0.05) is 23.5 Å². The fourth-order valence-corrected chi connectivity index (χ4v) is 5.12. The monoisotopic (exact) mass is 414 g/mol. The number of phenolic OH excluding ortho intramolecular Hbond substituents is 1. The van der Waals surface area contributed by atoms with Gasteiger partial charge in [0.1, 0.15) is 11.1 Å². The Morgan fingerprint density at radius 1 is 1.14 bits per heavy atom. The van der Waals surface area contributed by atoms with E-state index < -0.39 is 4.92 Å². The molecule has 1 N–H and O–H groups in total. The van der Waals surface area contributed by atoms with Crippen LogP contribution in [-0.4, -0.2) is 31.4 Å². The minimum atomic E-state index is -0.458. The maximum atomic E-state index is 12.8. The Morgan fingerprint density at radius 3 is 2.54 bits per heavy atom. The van der Waals surface area contributed by atoms with Crippen LogP contribution in [0.5, 0.6) is 5.75 Å². The highest BCUT2D eigenvalue weighted by Gasteiger charge is 2.41. The van der Waals surface area contributed by atoms with Gasteiger partial charge in [0.25, 0.3) is 5.69 Å². The molecule has 1 aliphatic heterocycles. The largest absolute Gasteiger partial charge is 0.507 e. The summed E-state index contributed by atoms with van der Waals surface area (Å²) < 4.78 is 0. The van der Waals surface area contributed by atoms with Gasteiger partial charge in [-0.15, -0.1) is 22.0 Å². The number of aromatic nitrogens is 2. The lowest BCUT2D eigenvalue weighted by Crippen LogP contribution is -2.30. The summed E-state index contributed by atoms with van der Waals surface area (Å²) in [5.41, 5.74) is 1.31. The molecule has 142 valence electrons. The number of rotatable bonds is 4. The van der Waals surface area contributed by atoms with Crippen LogP contribution in [0.2, 0.25) is 0 Å². The van der Waals surface area contributed by atoms with Crippen molar-refractivity contribution in [3.05, 3.63) is 64.2 Å². The van der Waals surface area contributed by atoms with Crippen LogP contribution in [0.3, 0.4) is 0 Å². The number of carbonyl (C=O) groups excluding carboxylic acids is 1. The van der Waals surface area contributed by atoms with Gasteiger partial charge in [0.2, 0.25) is 11.0 Å². The number of anilines is 1. The van der Waals surface area contributed by atoms with E-state index in [1.807, 2.05) is 6.92 Å². The van der Waals surface area contributed by atoms with E-state index in [9.17, 15) is 20.0 Å². The number of carbonyl (C=O) groups is 1. The van der Waals surface area contributed by atoms with Gasteiger partial charge in [-0.05, 0) is 36.8 Å². The van der Waals surface area contributed by atoms with Crippen LogP contribution >= 0.6 is 23.1 Å². The second-order valence-corrected chi connectivity index (χ2v) is 8.48. The van der Waals surface area contributed by atoms with Crippen molar-refractivity contribution in [3.63, 3.8) is 0 Å². The fraction of sp³-hybridized carbons (Fsp3) is 0.167. The molecule has 0 radical (unpaired) electrons. The third-order valence-electron chi connectivity index (χ3n) is 4.30. The van der Waals surface area contributed by atoms with Gasteiger partial charge < -0.3 is 5.11 Å². The first-order chi connectivity index (χ1) is 13.5. The molecule has 28 heavy (non-hydrogen) atoms. The standard InChI is InChI=1S/C18H14N4O4S2/c1-10-16(24)21(17(27-10)11-6-8-12(9-7-11)22(25)26)18-20-19-15(28-18)13-4-2-3-5-14(13)23/h2-10,17,23H,1H3. The van der Waals surface area contributed by atoms with Crippen molar-refractivity contribution in [3.8, 4) is 16.3 Å². The number of non-ortho nitro benzene ring substituents is 1. The van der Waals surface area contributed by atoms with Crippen LogP contribution in [0.15, 0.2) is 48.5 Å². The lowest BCUT2D eigenvalue weighted by atomic mass is 10.2. The number of hydrogen-bond donors (Lipinski definition) is 1. The highest BCUT2D eigenvalue weighted by Crippen LogP contribution is 2.47. The first kappa shape index (κ1) is 18.4. The van der Waals surface area contributed by atoms with Gasteiger partial charge in [0.05, 0.1) is 15.7 Å². The van der Waals surface area contributed by atoms with Crippen molar-refractivity contribution in [2.24, 2.45) is 0 Å². The Hall–Kier alpha value is -2.98. The zero-order chi connectivity index (χ0) is 19.8. The highest BCUT2D eigenvalue weighted by atomic mass is 32.2. The lowest BCUT2D eigenvalue weighted by molar-refractivity contribution is -0.384. The number of thioether (sulfide) groups is 1. The van der Waals surface area contributed by atoms with E-state index in [0.717, 1.165) is 5.56 Å². The molecule has 1 amide bonds. The smallest absolute Gasteiger partial charge is 0.269 e. The van der Waals surface area contributed by atoms with Gasteiger partial charge in [-0.2, -0.15) is 0 Å². The molecule has 0 bridgehead atoms. The SMILES string of the molecule is CC1SC(c2ccc([N+](=O)[O-])cc2)N(c2nnc(-c3ccccc3O)s2)C1=O. The minimum Gasteiger partial charge on any atom is -0.507 e. The predicted molar refractivity (Wildman–Crippen MR) is 107 cm³/mol. The Labute approximate surface area is 168 Å². The fourth-order valence-electron chi connectivity index (χ4n) is 2.88. The van der Waals surface area contributed by atoms with Crippen molar-refractivity contribution in [1.29, 1.82) is 0 Å². The number of amides is 1. The number of nitro benzene ring substituents is 1. The van der Waals surface area contributed by atoms with Crippen LogP contribution < -0.4 is 4.90 Å². The number of nitrogens with zero attached hydrogens (tertiary/aromatic N) is 4. The van der Waals surface area contributed by atoms with Crippen LogP contribution in [-0.2, 0) is 4.79 Å². The van der Waals surface area contributed by atoms with Crippen molar-refractivity contribution in [2.75, 3.05) is 4.90 Å². The third kappa shape index (κ3) is 3.20. The summed E-state index contributed by atoms with van der Waals surface area (Å²) in [6, 6.07) is 13.0. The molecule has 2 unspecified atom stereocenters. The first-order valence-corrected chi connectivity index (χ1v) is 10.1. The van der Waals surface area contributed by atoms with Gasteiger partial charge in [0.15, 0.2) is 5.01 Å². The molecule has 8 nitrogen and oxygen atoms in total. The third-order valence-corrected chi connectivity index (χ3v) is 6.60. The second-order valence-electron chi connectivity index (χ2n) is 6.09. The summed E-state index contributed by atoms with van der Waals surface area (Å²) in [5, 5.41) is 29.5. The van der Waals surface area contributed by atoms with Gasteiger partial charge in [0, 0.05) is 12.1 Å². The molecular weight excluding hydrogens is 400 g/mol. The van der Waals surface area contributed by atoms with Crippen molar-refractivity contribution < 1.29 is 14.8 Å². The number of nitro groups is 1. The zero-order valence-electron chi connectivity index (χ0n) is 14.6. The van der Waals surface area contributed by atoms with Gasteiger partial charge in [-0.3, -0.25) is 19.8 Å². The summed E-state index contributed by atoms with van der Waals surface area (Å²) in [5.74, 6) is -0.0130. The van der Waals surface area contributed by atoms with Crippen LogP contribution in [0.4, 0.5) is 10.8 Å². The Kier molecular flexibility index (Phi) is 4.73. The molecular formula is C18H14N4O4S2. The number of phenols is 1. The molecule has 2 atom stereocenters. The quantitative estimate of drug-likeness (QED) is 0.508. The van der Waals surface area contributed by atoms with Gasteiger partial charge >= 0.3 is 0 Å². The van der Waals surface area contributed by atoms with E-state index >= 15 is 0 Å². The maximum absolute atomic E-state index is 12.8. The highest BCUT2D eigenvalue weighted by molar-refractivity contribution is 8.01. The van der Waals surface area contributed by atoms with Gasteiger partial charge in [-0.25, -0.2) is 0 Å². The van der Waals surface area contributed by atoms with Crippen molar-refractivity contribution in [1.82, 2.24) is 10.2 Å². The Morgan fingerprint density at radius 2 is 1.86 bits per heavy atom.